The lowest BCUT2D eigenvalue weighted by Crippen LogP contribution is -2.29. The Kier molecular flexibility index (Phi) is 9.51. The number of nitrogens with one attached hydrogen (secondary N) is 1. The van der Waals surface area contributed by atoms with Crippen LogP contribution in [0.4, 0.5) is 5.69 Å². The van der Waals surface area contributed by atoms with Gasteiger partial charge in [-0.15, -0.1) is 0 Å². The van der Waals surface area contributed by atoms with Gasteiger partial charge in [-0.3, -0.25) is 10.1 Å². The lowest BCUT2D eigenvalue weighted by Gasteiger charge is -2.00. The van der Waals surface area contributed by atoms with Gasteiger partial charge < -0.3 is 25.6 Å². The summed E-state index contributed by atoms with van der Waals surface area (Å²) in [4.78, 5) is 9.88. The molecule has 0 radical (unpaired) electrons. The summed E-state index contributed by atoms with van der Waals surface area (Å²) in [5, 5.41) is 47.0. The van der Waals surface area contributed by atoms with E-state index in [0.29, 0.717) is 18.7 Å². The van der Waals surface area contributed by atoms with Crippen molar-refractivity contribution in [3.05, 3.63) is 33.9 Å². The fourth-order valence-corrected chi connectivity index (χ4v) is 1.27. The zero-order valence-corrected chi connectivity index (χ0v) is 11.2. The Morgan fingerprint density at radius 3 is 2.20 bits per heavy atom. The molecule has 1 aromatic carbocycles. The number of benzene rings is 1. The highest BCUT2D eigenvalue weighted by molar-refractivity contribution is 6.58. The Bertz CT molecular complexity index is 412. The van der Waals surface area contributed by atoms with Crippen LogP contribution in [0.25, 0.3) is 0 Å². The first-order valence-electron chi connectivity index (χ1n) is 5.97. The summed E-state index contributed by atoms with van der Waals surface area (Å²) in [5.41, 5.74) is 0.511. The predicted molar refractivity (Wildman–Crippen MR) is 74.7 cm³/mol. The quantitative estimate of drug-likeness (QED) is 0.179. The summed E-state index contributed by atoms with van der Waals surface area (Å²) in [7, 11) is -1.67. The van der Waals surface area contributed by atoms with E-state index in [-0.39, 0.29) is 24.4 Å². The fourth-order valence-electron chi connectivity index (χ4n) is 1.27. The average Bonchev–Trinajstić information content (AvgIpc) is 2.40. The Labute approximate surface area is 117 Å². The molecule has 0 aliphatic carbocycles. The highest BCUT2D eigenvalue weighted by atomic mass is 16.6. The largest absolute Gasteiger partial charge is 0.488 e. The summed E-state index contributed by atoms with van der Waals surface area (Å²) >= 11 is 0. The van der Waals surface area contributed by atoms with Crippen LogP contribution in [-0.2, 0) is 0 Å². The van der Waals surface area contributed by atoms with Crippen LogP contribution >= 0.6 is 0 Å². The molecule has 0 saturated carbocycles. The zero-order valence-electron chi connectivity index (χ0n) is 11.2. The Hall–Kier alpha value is -1.52. The summed E-state index contributed by atoms with van der Waals surface area (Å²) in [5.74, 6) is 0. The van der Waals surface area contributed by atoms with Crippen LogP contribution in [0.1, 0.15) is 5.56 Å². The van der Waals surface area contributed by atoms with Crippen LogP contribution in [0.2, 0.25) is 0 Å². The Morgan fingerprint density at radius 2 is 1.80 bits per heavy atom. The van der Waals surface area contributed by atoms with Gasteiger partial charge in [0, 0.05) is 24.7 Å². The highest BCUT2D eigenvalue weighted by Crippen LogP contribution is 2.14. The van der Waals surface area contributed by atoms with Gasteiger partial charge in [0.05, 0.1) is 18.1 Å². The van der Waals surface area contributed by atoms with E-state index >= 15 is 0 Å². The van der Waals surface area contributed by atoms with Crippen molar-refractivity contribution in [3.63, 3.8) is 0 Å². The second-order valence-electron chi connectivity index (χ2n) is 3.87. The number of nitro benzene ring substituents is 1. The molecule has 0 aliphatic rings. The van der Waals surface area contributed by atoms with Gasteiger partial charge in [-0.2, -0.15) is 0 Å². The normalized spacial score (nSPS) is 9.65. The SMILES string of the molecule is Cc1ccc(B(O)O)cc1[N+](=O)[O-].OCCNCCO. The number of aliphatic hydroxyl groups excluding tert-OH is 2. The summed E-state index contributed by atoms with van der Waals surface area (Å²) in [6.07, 6.45) is 0. The van der Waals surface area contributed by atoms with Gasteiger partial charge in [0.25, 0.3) is 5.69 Å². The number of hydrogen-bond donors (Lipinski definition) is 5. The lowest BCUT2D eigenvalue weighted by molar-refractivity contribution is -0.385. The van der Waals surface area contributed by atoms with Crippen LogP contribution in [0.5, 0.6) is 0 Å². The van der Waals surface area contributed by atoms with Crippen molar-refractivity contribution in [3.8, 4) is 0 Å². The van der Waals surface area contributed by atoms with Gasteiger partial charge in [-0.05, 0) is 12.4 Å². The molecule has 0 spiro atoms. The van der Waals surface area contributed by atoms with E-state index in [0.717, 1.165) is 6.07 Å². The minimum atomic E-state index is -1.67. The van der Waals surface area contributed by atoms with Gasteiger partial charge in [0.2, 0.25) is 0 Å². The van der Waals surface area contributed by atoms with Crippen LogP contribution in [0.15, 0.2) is 18.2 Å². The molecule has 20 heavy (non-hydrogen) atoms. The van der Waals surface area contributed by atoms with Gasteiger partial charge in [-0.1, -0.05) is 12.1 Å². The molecule has 1 aromatic rings. The van der Waals surface area contributed by atoms with Gasteiger partial charge in [-0.25, -0.2) is 0 Å². The van der Waals surface area contributed by atoms with Gasteiger partial charge in [0.1, 0.15) is 0 Å². The number of aryl methyl sites for hydroxylation is 1. The molecule has 112 valence electrons. The first kappa shape index (κ1) is 18.5. The van der Waals surface area contributed by atoms with Crippen molar-refractivity contribution in [1.82, 2.24) is 5.32 Å². The maximum absolute atomic E-state index is 10.4. The minimum Gasteiger partial charge on any atom is -0.423 e. The van der Waals surface area contributed by atoms with E-state index in [2.05, 4.69) is 5.32 Å². The highest BCUT2D eigenvalue weighted by Gasteiger charge is 2.17. The maximum Gasteiger partial charge on any atom is 0.488 e. The van der Waals surface area contributed by atoms with Crippen LogP contribution in [0, 0.1) is 17.0 Å². The average molecular weight is 286 g/mol. The third kappa shape index (κ3) is 7.17. The first-order chi connectivity index (χ1) is 9.43. The van der Waals surface area contributed by atoms with E-state index < -0.39 is 12.0 Å². The molecule has 8 nitrogen and oxygen atoms in total. The molecule has 0 amide bonds. The third-order valence-electron chi connectivity index (χ3n) is 2.31. The molecule has 0 bridgehead atoms. The maximum atomic E-state index is 10.4. The number of nitro groups is 1. The van der Waals surface area contributed by atoms with E-state index in [1.54, 1.807) is 6.92 Å². The van der Waals surface area contributed by atoms with E-state index in [4.69, 9.17) is 20.3 Å². The molecule has 0 heterocycles. The van der Waals surface area contributed by atoms with Crippen molar-refractivity contribution >= 4 is 18.3 Å². The lowest BCUT2D eigenvalue weighted by atomic mass is 9.80. The topological polar surface area (TPSA) is 136 Å². The molecule has 0 unspecified atom stereocenters. The molecule has 0 aromatic heterocycles. The summed E-state index contributed by atoms with van der Waals surface area (Å²) in [6, 6.07) is 4.07. The van der Waals surface area contributed by atoms with Crippen LogP contribution in [-0.4, -0.2) is 58.6 Å². The second-order valence-corrected chi connectivity index (χ2v) is 3.87. The fraction of sp³-hybridized carbons (Fsp3) is 0.455. The minimum absolute atomic E-state index is 0.106. The molecule has 9 heteroatoms. The smallest absolute Gasteiger partial charge is 0.423 e. The van der Waals surface area contributed by atoms with Crippen LogP contribution in [0.3, 0.4) is 0 Å². The van der Waals surface area contributed by atoms with E-state index in [1.807, 2.05) is 0 Å². The van der Waals surface area contributed by atoms with Gasteiger partial charge in [0.15, 0.2) is 0 Å². The molecule has 1 rings (SSSR count). The van der Waals surface area contributed by atoms with E-state index in [1.165, 1.54) is 12.1 Å². The van der Waals surface area contributed by atoms with Crippen molar-refractivity contribution < 1.29 is 25.2 Å². The first-order valence-corrected chi connectivity index (χ1v) is 5.97. The molecular weight excluding hydrogens is 267 g/mol. The monoisotopic (exact) mass is 286 g/mol. The molecule has 0 aliphatic heterocycles. The number of aliphatic hydroxyl groups is 2. The standard InChI is InChI=1S/C7H8BNO4.C4H11NO2/c1-5-2-3-6(8(10)11)4-7(5)9(12)13;6-3-1-5-2-4-7/h2-4,10-11H,1H3;5-7H,1-4H2. The molecule has 5 N–H and O–H groups in total. The Morgan fingerprint density at radius 1 is 1.25 bits per heavy atom. The summed E-state index contributed by atoms with van der Waals surface area (Å²) < 4.78 is 0. The molecule has 0 fully saturated rings. The van der Waals surface area contributed by atoms with Crippen molar-refractivity contribution in [2.75, 3.05) is 26.3 Å². The molecular formula is C11H19BN2O6. The predicted octanol–water partition coefficient (Wildman–Crippen LogP) is -1.86. The molecule has 0 atom stereocenters. The van der Waals surface area contributed by atoms with E-state index in [9.17, 15) is 10.1 Å². The number of hydrogen-bond acceptors (Lipinski definition) is 7. The number of nitrogens with zero attached hydrogens (tertiary/aromatic N) is 1. The third-order valence-corrected chi connectivity index (χ3v) is 2.31. The number of rotatable bonds is 6. The second kappa shape index (κ2) is 10.3. The Balaban J connectivity index is 0.000000441. The van der Waals surface area contributed by atoms with Gasteiger partial charge >= 0.3 is 7.12 Å². The van der Waals surface area contributed by atoms with Crippen molar-refractivity contribution in [1.29, 1.82) is 0 Å². The van der Waals surface area contributed by atoms with Crippen molar-refractivity contribution in [2.45, 2.75) is 6.92 Å². The zero-order chi connectivity index (χ0) is 15.5. The van der Waals surface area contributed by atoms with Crippen LogP contribution < -0.4 is 10.8 Å². The van der Waals surface area contributed by atoms with Crippen molar-refractivity contribution in [2.24, 2.45) is 0 Å². The summed E-state index contributed by atoms with van der Waals surface area (Å²) in [6.45, 7) is 3.01. The molecule has 0 saturated heterocycles.